The van der Waals surface area contributed by atoms with E-state index in [1.165, 1.54) is 5.56 Å². The van der Waals surface area contributed by atoms with Gasteiger partial charge in [0.2, 0.25) is 29.5 Å². The number of fused-ring (bicyclic) bond motifs is 3. The minimum atomic E-state index is -2.78. The van der Waals surface area contributed by atoms with Crippen LogP contribution in [0.1, 0.15) is 129 Å². The van der Waals surface area contributed by atoms with Crippen LogP contribution in [0.25, 0.3) is 0 Å². The van der Waals surface area contributed by atoms with E-state index in [2.05, 4.69) is 47.9 Å². The lowest BCUT2D eigenvalue weighted by Crippen LogP contribution is -2.58. The first-order valence-electron chi connectivity index (χ1n) is 27.3. The van der Waals surface area contributed by atoms with E-state index in [-0.39, 0.29) is 111 Å². The number of likely N-dealkylation sites (N-methyl/N-ethyl adjacent to an activating group) is 1. The van der Waals surface area contributed by atoms with E-state index in [1.54, 1.807) is 47.8 Å². The molecule has 2 aromatic carbocycles. The van der Waals surface area contributed by atoms with Crippen molar-refractivity contribution >= 4 is 41.1 Å². The first-order chi connectivity index (χ1) is 36.6. The molecule has 406 valence electrons. The Hall–Kier alpha value is -6.54. The Morgan fingerprint density at radius 2 is 1.64 bits per heavy atom. The summed E-state index contributed by atoms with van der Waals surface area (Å²) in [5.74, 6) is -5.44. The summed E-state index contributed by atoms with van der Waals surface area (Å²) in [6.07, 6.45) is 11.0. The summed E-state index contributed by atoms with van der Waals surface area (Å²) in [6.45, 7) is 4.53. The molecule has 4 heterocycles. The maximum Gasteiger partial charge on any atom is 0.276 e. The number of rotatable bonds is 19. The third-order valence-electron chi connectivity index (χ3n) is 17.4. The number of carbonyl (C=O) groups is 6. The maximum absolute atomic E-state index is 14.7. The Morgan fingerprint density at radius 3 is 2.42 bits per heavy atom. The summed E-state index contributed by atoms with van der Waals surface area (Å²) in [4.78, 5) is 85.9. The Balaban J connectivity index is 0.709. The third-order valence-corrected chi connectivity index (χ3v) is 17.4. The van der Waals surface area contributed by atoms with Gasteiger partial charge in [0.25, 0.3) is 11.8 Å². The fourth-order valence-electron chi connectivity index (χ4n) is 12.7. The van der Waals surface area contributed by atoms with Gasteiger partial charge in [0, 0.05) is 73.2 Å². The lowest BCUT2D eigenvalue weighted by molar-refractivity contribution is -0.143. The number of halogens is 2. The molecule has 0 radical (unpaired) electrons. The second kappa shape index (κ2) is 22.2. The molecule has 0 bridgehead atoms. The van der Waals surface area contributed by atoms with Crippen LogP contribution in [0.3, 0.4) is 0 Å². The predicted octanol–water partition coefficient (Wildman–Crippen LogP) is 5.03. The number of hydrogen-bond acceptors (Lipinski definition) is 10. The largest absolute Gasteiger partial charge is 0.380 e. The van der Waals surface area contributed by atoms with Crippen molar-refractivity contribution in [1.82, 2.24) is 51.0 Å². The first-order valence-corrected chi connectivity index (χ1v) is 27.3. The molecule has 6 amide bonds. The van der Waals surface area contributed by atoms with E-state index >= 15 is 0 Å². The predicted molar refractivity (Wildman–Crippen MR) is 277 cm³/mol. The second-order valence-corrected chi connectivity index (χ2v) is 22.2. The molecular formula is C56H71F2N11O7. The Labute approximate surface area is 441 Å². The molecule has 4 aliphatic carbocycles. The van der Waals surface area contributed by atoms with E-state index in [0.717, 1.165) is 62.5 Å². The van der Waals surface area contributed by atoms with Crippen LogP contribution in [0, 0.1) is 23.2 Å². The maximum atomic E-state index is 14.7. The molecule has 76 heavy (non-hydrogen) atoms. The zero-order valence-corrected chi connectivity index (χ0v) is 43.6. The van der Waals surface area contributed by atoms with Crippen molar-refractivity contribution in [3.05, 3.63) is 101 Å². The van der Waals surface area contributed by atoms with Crippen LogP contribution >= 0.6 is 0 Å². The van der Waals surface area contributed by atoms with E-state index in [9.17, 15) is 37.5 Å². The Kier molecular flexibility index (Phi) is 15.4. The number of nitrogens with one attached hydrogen (secondary N) is 6. The van der Waals surface area contributed by atoms with Crippen LogP contribution in [-0.2, 0) is 48.0 Å². The van der Waals surface area contributed by atoms with Gasteiger partial charge >= 0.3 is 0 Å². The van der Waals surface area contributed by atoms with Crippen LogP contribution in [0.4, 0.5) is 14.5 Å². The van der Waals surface area contributed by atoms with Gasteiger partial charge in [-0.1, -0.05) is 80.8 Å². The van der Waals surface area contributed by atoms with E-state index in [1.807, 2.05) is 48.5 Å². The molecule has 10 rings (SSSR count). The summed E-state index contributed by atoms with van der Waals surface area (Å²) in [5, 5.41) is 26.8. The molecule has 2 saturated heterocycles. The van der Waals surface area contributed by atoms with Crippen molar-refractivity contribution in [3.8, 4) is 0 Å². The van der Waals surface area contributed by atoms with E-state index < -0.39 is 47.3 Å². The molecular weight excluding hydrogens is 977 g/mol. The monoisotopic (exact) mass is 1050 g/mol. The van der Waals surface area contributed by atoms with Crippen molar-refractivity contribution < 1.29 is 42.3 Å². The van der Waals surface area contributed by atoms with Crippen molar-refractivity contribution in [2.24, 2.45) is 23.2 Å². The topological polar surface area (TPSA) is 225 Å². The van der Waals surface area contributed by atoms with Gasteiger partial charge in [-0.25, -0.2) is 8.78 Å². The number of nitrogens with zero attached hydrogens (tertiary/aromatic N) is 5. The third kappa shape index (κ3) is 10.8. The van der Waals surface area contributed by atoms with Crippen LogP contribution in [0.15, 0.2) is 67.0 Å². The molecule has 0 spiro atoms. The molecule has 18 nitrogen and oxygen atoms in total. The highest BCUT2D eigenvalue weighted by Gasteiger charge is 2.78. The Bertz CT molecular complexity index is 2790. The summed E-state index contributed by atoms with van der Waals surface area (Å²) >= 11 is 0. The summed E-state index contributed by atoms with van der Waals surface area (Å²) < 4.78 is 36.7. The highest BCUT2D eigenvalue weighted by molar-refractivity contribution is 6.04. The smallest absolute Gasteiger partial charge is 0.276 e. The van der Waals surface area contributed by atoms with Gasteiger partial charge in [0.1, 0.15) is 12.1 Å². The molecule has 2 unspecified atom stereocenters. The van der Waals surface area contributed by atoms with Crippen molar-refractivity contribution in [3.63, 3.8) is 0 Å². The average molecular weight is 1050 g/mol. The molecule has 6 aliphatic rings. The van der Waals surface area contributed by atoms with Gasteiger partial charge in [-0.2, -0.15) is 10.2 Å². The van der Waals surface area contributed by atoms with Crippen LogP contribution in [-0.4, -0.2) is 135 Å². The lowest BCUT2D eigenvalue weighted by atomic mass is 9.83. The van der Waals surface area contributed by atoms with Crippen LogP contribution < -0.4 is 26.6 Å². The number of anilines is 1. The minimum absolute atomic E-state index is 0.00251. The SMILES string of the molecule is CN[C@@H](C)C(=O)N[C@H](C(=O)N1C[C@@H](NC(=O)CCOCCC(=O)N2CC([C@@H](c3ccccc3)n3cc(NC(=O)c4n[nH]c5c4CC4C(F)(F)C4(C)C5)cn3)C2)C[C@H]1C(=O)N[C@@H]1CCCc2ccccc21)C1CCCCC1. The number of likely N-dealkylation sites (tertiary alicyclic amines) is 2. The fraction of sp³-hybridized carbons (Fsp3) is 0.571. The number of aromatic nitrogens is 4. The molecule has 2 aliphatic heterocycles. The van der Waals surface area contributed by atoms with E-state index in [4.69, 9.17) is 4.74 Å². The number of ether oxygens (including phenoxy) is 1. The summed E-state index contributed by atoms with van der Waals surface area (Å²) in [7, 11) is 1.69. The molecule has 6 N–H and O–H groups in total. The standard InChI is InChI=1S/C56H71F2N11O7/c1-33(59-3)51(72)64-48(35-14-6-4-7-15-35)54(75)68-31-38(25-44(68)52(73)63-42-20-12-18-34-13-10-11-19-40(34)42)61-46(70)21-23-76-24-22-47(71)67-29-37(30-67)50(36-16-8-5-9-17-36)69-32-39(28-60-69)62-53(74)49-41-26-45-55(2,56(45,57)58)27-43(41)65-66-49/h5,8-11,13,16-17,19,28,32-33,35,37-38,42,44-45,48,50,59H,4,6-7,12,14-15,18,20-27,29-31H2,1-3H3,(H,61,70)(H,62,74)(H,63,73)(H,64,72)(H,65,66)/t33-,38-,42+,44-,45?,48-,50+,55?/m0/s1. The molecule has 2 aromatic heterocycles. The Morgan fingerprint density at radius 1 is 0.895 bits per heavy atom. The van der Waals surface area contributed by atoms with Crippen molar-refractivity contribution in [2.75, 3.05) is 45.2 Å². The van der Waals surface area contributed by atoms with Crippen LogP contribution in [0.2, 0.25) is 0 Å². The summed E-state index contributed by atoms with van der Waals surface area (Å²) in [6, 6.07) is 14.7. The quantitative estimate of drug-likeness (QED) is 0.0688. The number of aromatic amines is 1. The van der Waals surface area contributed by atoms with Gasteiger partial charge in [0.05, 0.1) is 49.6 Å². The first kappa shape index (κ1) is 52.9. The number of aryl methyl sites for hydroxylation is 1. The normalized spacial score (nSPS) is 24.9. The fourth-order valence-corrected chi connectivity index (χ4v) is 12.7. The molecule has 4 aromatic rings. The molecule has 4 fully saturated rings. The average Bonchev–Trinajstić information content (AvgIpc) is 4.19. The van der Waals surface area contributed by atoms with Gasteiger partial charge in [-0.3, -0.25) is 38.5 Å². The van der Waals surface area contributed by atoms with Gasteiger partial charge in [0.15, 0.2) is 5.69 Å². The van der Waals surface area contributed by atoms with Gasteiger partial charge in [-0.05, 0) is 81.5 Å². The number of alkyl halides is 2. The molecule has 20 heteroatoms. The molecule has 8 atom stereocenters. The number of carbonyl (C=O) groups excluding carboxylic acids is 6. The van der Waals surface area contributed by atoms with Crippen molar-refractivity contribution in [1.29, 1.82) is 0 Å². The number of benzene rings is 2. The second-order valence-electron chi connectivity index (χ2n) is 22.2. The van der Waals surface area contributed by atoms with Gasteiger partial charge < -0.3 is 41.1 Å². The number of hydrogen-bond donors (Lipinski definition) is 6. The number of H-pyrrole nitrogens is 1. The van der Waals surface area contributed by atoms with E-state index in [0.29, 0.717) is 30.0 Å². The minimum Gasteiger partial charge on any atom is -0.380 e. The number of amides is 6. The highest BCUT2D eigenvalue weighted by Crippen LogP contribution is 2.70. The molecule has 2 saturated carbocycles. The van der Waals surface area contributed by atoms with Crippen molar-refractivity contribution in [2.45, 2.75) is 139 Å². The summed E-state index contributed by atoms with van der Waals surface area (Å²) in [5.41, 5.74) is 3.78. The van der Waals surface area contributed by atoms with Crippen LogP contribution in [0.5, 0.6) is 0 Å². The van der Waals surface area contributed by atoms with Gasteiger partial charge in [-0.15, -0.1) is 0 Å². The zero-order valence-electron chi connectivity index (χ0n) is 43.6. The highest BCUT2D eigenvalue weighted by atomic mass is 19.3. The lowest BCUT2D eigenvalue weighted by Gasteiger charge is -2.43. The zero-order chi connectivity index (χ0) is 53.3.